The molecule has 1 atom stereocenters. The number of rotatable bonds is 6. The van der Waals surface area contributed by atoms with Crippen molar-refractivity contribution >= 4 is 29.6 Å². The van der Waals surface area contributed by atoms with Gasteiger partial charge in [-0.05, 0) is 55.4 Å². The highest BCUT2D eigenvalue weighted by molar-refractivity contribution is 8.00. The molecule has 2 aliphatic heterocycles. The van der Waals surface area contributed by atoms with Crippen molar-refractivity contribution < 1.29 is 18.7 Å². The van der Waals surface area contributed by atoms with Gasteiger partial charge in [-0.1, -0.05) is 12.1 Å². The first-order valence-electron chi connectivity index (χ1n) is 10.7. The van der Waals surface area contributed by atoms with E-state index < -0.39 is 0 Å². The number of thioether (sulfide) groups is 1. The second-order valence-electron chi connectivity index (χ2n) is 7.70. The molecular weight excluding hydrogens is 429 g/mol. The van der Waals surface area contributed by atoms with Gasteiger partial charge < -0.3 is 10.1 Å². The van der Waals surface area contributed by atoms with E-state index >= 15 is 0 Å². The van der Waals surface area contributed by atoms with Crippen molar-refractivity contribution in [2.45, 2.75) is 12.3 Å². The second kappa shape index (κ2) is 12.1. The Morgan fingerprint density at radius 2 is 1.91 bits per heavy atom. The van der Waals surface area contributed by atoms with Gasteiger partial charge in [0.2, 0.25) is 5.91 Å². The molecule has 6 nitrogen and oxygen atoms in total. The molecule has 32 heavy (non-hydrogen) atoms. The Balaban J connectivity index is 0.000000243. The first kappa shape index (κ1) is 24.4. The fraction of sp³-hybridized carbons (Fsp3) is 0.417. The van der Waals surface area contributed by atoms with Crippen LogP contribution in [0.15, 0.2) is 42.5 Å². The van der Waals surface area contributed by atoms with Crippen molar-refractivity contribution in [3.63, 3.8) is 0 Å². The number of amides is 1. The Hall–Kier alpha value is -2.26. The first-order valence-corrected chi connectivity index (χ1v) is 11.8. The Kier molecular flexibility index (Phi) is 9.23. The largest absolute Gasteiger partial charge is 0.379 e. The molecule has 1 amide bonds. The molecule has 1 unspecified atom stereocenters. The number of nitrogens with zero attached hydrogens (tertiary/aromatic N) is 2. The number of hydrogen-bond donors (Lipinski definition) is 1. The number of benzene rings is 2. The summed E-state index contributed by atoms with van der Waals surface area (Å²) in [4.78, 5) is 27.3. The van der Waals surface area contributed by atoms with Crippen LogP contribution in [0.4, 0.5) is 10.1 Å². The monoisotopic (exact) mass is 459 g/mol. The highest BCUT2D eigenvalue weighted by Crippen LogP contribution is 2.42. The van der Waals surface area contributed by atoms with Gasteiger partial charge in [0.05, 0.1) is 19.0 Å². The molecule has 2 aromatic carbocycles. The number of ether oxygens (including phenoxy) is 1. The minimum Gasteiger partial charge on any atom is -0.379 e. The van der Waals surface area contributed by atoms with Crippen LogP contribution in [0.1, 0.15) is 26.9 Å². The lowest BCUT2D eigenvalue weighted by Gasteiger charge is -2.26. The number of halogens is 1. The van der Waals surface area contributed by atoms with Gasteiger partial charge in [0.1, 0.15) is 17.5 Å². The van der Waals surface area contributed by atoms with Crippen LogP contribution in [-0.2, 0) is 9.53 Å². The van der Waals surface area contributed by atoms with Crippen LogP contribution in [0.5, 0.6) is 0 Å². The summed E-state index contributed by atoms with van der Waals surface area (Å²) < 4.78 is 18.3. The van der Waals surface area contributed by atoms with E-state index in [9.17, 15) is 14.0 Å². The fourth-order valence-corrected chi connectivity index (χ4v) is 4.84. The van der Waals surface area contributed by atoms with E-state index in [0.29, 0.717) is 11.3 Å². The lowest BCUT2D eigenvalue weighted by Crippen LogP contribution is -2.39. The molecule has 2 aromatic rings. The first-order chi connectivity index (χ1) is 15.5. The molecular formula is C24H30FN3O3S. The third-order valence-corrected chi connectivity index (χ3v) is 6.63. The number of nitrogens with one attached hydrogen (secondary N) is 1. The molecule has 0 aromatic heterocycles. The van der Waals surface area contributed by atoms with Crippen LogP contribution in [0, 0.1) is 12.7 Å². The van der Waals surface area contributed by atoms with Crippen LogP contribution in [0.25, 0.3) is 0 Å². The minimum absolute atomic E-state index is 0.0151. The lowest BCUT2D eigenvalue weighted by atomic mass is 10.1. The third-order valence-electron chi connectivity index (χ3n) is 5.42. The van der Waals surface area contributed by atoms with Gasteiger partial charge in [-0.3, -0.25) is 19.4 Å². The summed E-state index contributed by atoms with van der Waals surface area (Å²) in [6, 6.07) is 11.5. The molecule has 0 bridgehead atoms. The Morgan fingerprint density at radius 1 is 1.19 bits per heavy atom. The highest BCUT2D eigenvalue weighted by Gasteiger charge is 2.34. The number of aldehydes is 1. The van der Waals surface area contributed by atoms with E-state index in [-0.39, 0.29) is 17.1 Å². The van der Waals surface area contributed by atoms with Crippen molar-refractivity contribution in [1.29, 1.82) is 0 Å². The minimum atomic E-state index is -0.295. The summed E-state index contributed by atoms with van der Waals surface area (Å²) in [6.07, 6.45) is 0.786. The van der Waals surface area contributed by atoms with Crippen molar-refractivity contribution in [1.82, 2.24) is 10.2 Å². The van der Waals surface area contributed by atoms with E-state index in [1.165, 1.54) is 23.9 Å². The molecule has 0 aliphatic carbocycles. The van der Waals surface area contributed by atoms with E-state index in [1.807, 2.05) is 14.0 Å². The van der Waals surface area contributed by atoms with Gasteiger partial charge in [0, 0.05) is 37.4 Å². The number of aryl methyl sites for hydroxylation is 1. The van der Waals surface area contributed by atoms with Crippen molar-refractivity contribution in [2.24, 2.45) is 0 Å². The zero-order valence-corrected chi connectivity index (χ0v) is 19.4. The molecule has 172 valence electrons. The van der Waals surface area contributed by atoms with Gasteiger partial charge in [-0.25, -0.2) is 4.39 Å². The molecule has 2 saturated heterocycles. The van der Waals surface area contributed by atoms with Crippen LogP contribution < -0.4 is 10.2 Å². The number of morpholine rings is 1. The zero-order valence-electron chi connectivity index (χ0n) is 18.6. The summed E-state index contributed by atoms with van der Waals surface area (Å²) in [5, 5.41) is 2.96. The summed E-state index contributed by atoms with van der Waals surface area (Å²) in [7, 11) is 1.99. The number of likely N-dealkylation sites (N-methyl/N-ethyl adjacent to an activating group) is 1. The molecule has 0 saturated carbocycles. The maximum absolute atomic E-state index is 13.1. The quantitative estimate of drug-likeness (QED) is 0.669. The maximum Gasteiger partial charge on any atom is 0.238 e. The molecule has 0 radical (unpaired) electrons. The smallest absolute Gasteiger partial charge is 0.238 e. The number of carbonyl (C=O) groups is 2. The molecule has 2 fully saturated rings. The summed E-state index contributed by atoms with van der Waals surface area (Å²) in [6.45, 7) is 8.12. The average molecular weight is 460 g/mol. The van der Waals surface area contributed by atoms with Crippen molar-refractivity contribution in [2.75, 3.05) is 57.1 Å². The molecule has 2 heterocycles. The summed E-state index contributed by atoms with van der Waals surface area (Å²) in [5.41, 5.74) is 3.12. The predicted molar refractivity (Wildman–Crippen MR) is 127 cm³/mol. The maximum atomic E-state index is 13.1. The zero-order chi connectivity index (χ0) is 22.9. The van der Waals surface area contributed by atoms with E-state index in [1.54, 1.807) is 35.2 Å². The van der Waals surface area contributed by atoms with Crippen molar-refractivity contribution in [3.05, 3.63) is 65.0 Å². The van der Waals surface area contributed by atoms with E-state index in [0.717, 1.165) is 62.5 Å². The van der Waals surface area contributed by atoms with E-state index in [2.05, 4.69) is 10.2 Å². The summed E-state index contributed by atoms with van der Waals surface area (Å²) >= 11 is 1.52. The molecule has 2 aliphatic rings. The fourth-order valence-electron chi connectivity index (χ4n) is 3.68. The molecule has 4 rings (SSSR count). The van der Waals surface area contributed by atoms with Gasteiger partial charge >= 0.3 is 0 Å². The lowest BCUT2D eigenvalue weighted by molar-refractivity contribution is -0.115. The molecule has 1 N–H and O–H groups in total. The highest BCUT2D eigenvalue weighted by atomic mass is 32.2. The molecule has 0 spiro atoms. The Labute approximate surface area is 193 Å². The average Bonchev–Trinajstić information content (AvgIpc) is 3.20. The van der Waals surface area contributed by atoms with Crippen LogP contribution in [0.3, 0.4) is 0 Å². The second-order valence-corrected chi connectivity index (χ2v) is 8.77. The van der Waals surface area contributed by atoms with Gasteiger partial charge in [-0.15, -0.1) is 11.8 Å². The molecule has 8 heteroatoms. The number of anilines is 1. The normalized spacial score (nSPS) is 18.9. The predicted octanol–water partition coefficient (Wildman–Crippen LogP) is 3.26. The number of hydrogen-bond acceptors (Lipinski definition) is 6. The Bertz CT molecular complexity index is 904. The van der Waals surface area contributed by atoms with Gasteiger partial charge in [0.15, 0.2) is 0 Å². The standard InChI is InChI=1S/C17H14FNO2S.C7H16N2O/c1-11-8-12(9-20)2-7-15(11)19-16(21)10-22-17(19)13-3-5-14(18)6-4-13;1-8-2-3-9-4-6-10-7-5-9/h2-9,17H,10H2,1H3;8H,2-7H2,1H3. The SMILES string of the molecule is CNCCN1CCOCC1.Cc1cc(C=O)ccc1N1C(=O)CSC1c1ccc(F)cc1. The summed E-state index contributed by atoms with van der Waals surface area (Å²) in [5.74, 6) is 0.106. The van der Waals surface area contributed by atoms with Gasteiger partial charge in [0.25, 0.3) is 0 Å². The Morgan fingerprint density at radius 3 is 2.53 bits per heavy atom. The van der Waals surface area contributed by atoms with Crippen LogP contribution in [0.2, 0.25) is 0 Å². The van der Waals surface area contributed by atoms with Crippen LogP contribution in [-0.4, -0.2) is 69.3 Å². The van der Waals surface area contributed by atoms with Gasteiger partial charge in [-0.2, -0.15) is 0 Å². The van der Waals surface area contributed by atoms with E-state index in [4.69, 9.17) is 4.74 Å². The van der Waals surface area contributed by atoms with Crippen LogP contribution >= 0.6 is 11.8 Å². The topological polar surface area (TPSA) is 61.9 Å². The number of carbonyl (C=O) groups excluding carboxylic acids is 2. The van der Waals surface area contributed by atoms with Crippen molar-refractivity contribution in [3.8, 4) is 0 Å². The third kappa shape index (κ3) is 6.38.